The number of amides is 1. The SMILES string of the molecule is COc1ccc(Cl)cc1NC(=O)CSc1nccn1Cc1ccc(F)cc1. The molecule has 1 amide bonds. The molecule has 0 radical (unpaired) electrons. The third-order valence-electron chi connectivity index (χ3n) is 3.71. The highest BCUT2D eigenvalue weighted by Gasteiger charge is 2.11. The number of hydrogen-bond acceptors (Lipinski definition) is 4. The molecule has 0 aliphatic carbocycles. The minimum absolute atomic E-state index is 0.177. The second-order valence-corrected chi connectivity index (χ2v) is 7.02. The van der Waals surface area contributed by atoms with Gasteiger partial charge in [0, 0.05) is 24.0 Å². The highest BCUT2D eigenvalue weighted by molar-refractivity contribution is 7.99. The molecule has 0 aliphatic rings. The molecule has 0 aliphatic heterocycles. The van der Waals surface area contributed by atoms with Crippen LogP contribution in [-0.2, 0) is 11.3 Å². The first-order valence-corrected chi connectivity index (χ1v) is 9.43. The van der Waals surface area contributed by atoms with Gasteiger partial charge in [-0.05, 0) is 35.9 Å². The summed E-state index contributed by atoms with van der Waals surface area (Å²) < 4.78 is 20.2. The average molecular weight is 406 g/mol. The van der Waals surface area contributed by atoms with Gasteiger partial charge in [0.2, 0.25) is 5.91 Å². The number of halogens is 2. The topological polar surface area (TPSA) is 56.1 Å². The molecule has 1 heterocycles. The van der Waals surface area contributed by atoms with Crippen molar-refractivity contribution in [1.82, 2.24) is 9.55 Å². The summed E-state index contributed by atoms with van der Waals surface area (Å²) in [5, 5.41) is 4.00. The van der Waals surface area contributed by atoms with Gasteiger partial charge in [-0.25, -0.2) is 9.37 Å². The van der Waals surface area contributed by atoms with Gasteiger partial charge in [-0.1, -0.05) is 35.5 Å². The molecule has 0 unspecified atom stereocenters. The van der Waals surface area contributed by atoms with Gasteiger partial charge in [-0.3, -0.25) is 4.79 Å². The zero-order chi connectivity index (χ0) is 19.2. The second kappa shape index (κ2) is 8.92. The maximum absolute atomic E-state index is 13.0. The van der Waals surface area contributed by atoms with Crippen LogP contribution in [0.3, 0.4) is 0 Å². The van der Waals surface area contributed by atoms with Crippen molar-refractivity contribution >= 4 is 35.0 Å². The maximum atomic E-state index is 13.0. The van der Waals surface area contributed by atoms with Crippen molar-refractivity contribution in [3.63, 3.8) is 0 Å². The summed E-state index contributed by atoms with van der Waals surface area (Å²) >= 11 is 7.29. The molecule has 8 heteroatoms. The van der Waals surface area contributed by atoms with E-state index in [0.717, 1.165) is 5.56 Å². The number of imidazole rings is 1. The van der Waals surface area contributed by atoms with E-state index < -0.39 is 0 Å². The Morgan fingerprint density at radius 2 is 2.07 bits per heavy atom. The van der Waals surface area contributed by atoms with E-state index in [9.17, 15) is 9.18 Å². The number of carbonyl (C=O) groups excluding carboxylic acids is 1. The third-order valence-corrected chi connectivity index (χ3v) is 4.95. The van der Waals surface area contributed by atoms with E-state index in [2.05, 4.69) is 10.3 Å². The van der Waals surface area contributed by atoms with Crippen LogP contribution in [0, 0.1) is 5.82 Å². The third kappa shape index (κ3) is 5.24. The molecule has 27 heavy (non-hydrogen) atoms. The Kier molecular flexibility index (Phi) is 6.36. The van der Waals surface area contributed by atoms with Crippen molar-refractivity contribution in [2.75, 3.05) is 18.2 Å². The smallest absolute Gasteiger partial charge is 0.234 e. The molecule has 0 atom stereocenters. The quantitative estimate of drug-likeness (QED) is 0.589. The zero-order valence-corrected chi connectivity index (χ0v) is 16.1. The summed E-state index contributed by atoms with van der Waals surface area (Å²) in [6, 6.07) is 11.3. The summed E-state index contributed by atoms with van der Waals surface area (Å²) in [6.45, 7) is 0.548. The van der Waals surface area contributed by atoms with Crippen molar-refractivity contribution in [2.24, 2.45) is 0 Å². The van der Waals surface area contributed by atoms with E-state index in [1.807, 2.05) is 10.8 Å². The predicted molar refractivity (Wildman–Crippen MR) is 105 cm³/mol. The summed E-state index contributed by atoms with van der Waals surface area (Å²) in [4.78, 5) is 16.6. The number of anilines is 1. The number of carbonyl (C=O) groups is 1. The Bertz CT molecular complexity index is 931. The molecule has 0 saturated heterocycles. The van der Waals surface area contributed by atoms with Gasteiger partial charge >= 0.3 is 0 Å². The summed E-state index contributed by atoms with van der Waals surface area (Å²) in [5.74, 6) is 0.246. The normalized spacial score (nSPS) is 10.6. The molecular formula is C19H17ClFN3O2S. The molecule has 5 nitrogen and oxygen atoms in total. The van der Waals surface area contributed by atoms with Crippen LogP contribution < -0.4 is 10.1 Å². The van der Waals surface area contributed by atoms with Gasteiger partial charge in [0.15, 0.2) is 5.16 Å². The summed E-state index contributed by atoms with van der Waals surface area (Å²) in [5.41, 5.74) is 1.47. The van der Waals surface area contributed by atoms with E-state index >= 15 is 0 Å². The number of aromatic nitrogens is 2. The molecular weight excluding hydrogens is 389 g/mol. The number of hydrogen-bond donors (Lipinski definition) is 1. The van der Waals surface area contributed by atoms with Crippen LogP contribution in [0.2, 0.25) is 5.02 Å². The largest absolute Gasteiger partial charge is 0.495 e. The predicted octanol–water partition coefficient (Wildman–Crippen LogP) is 4.46. The lowest BCUT2D eigenvalue weighted by Gasteiger charge is -2.11. The maximum Gasteiger partial charge on any atom is 0.234 e. The molecule has 1 aromatic heterocycles. The molecule has 2 aromatic carbocycles. The Morgan fingerprint density at radius 3 is 2.81 bits per heavy atom. The fourth-order valence-corrected chi connectivity index (χ4v) is 3.37. The van der Waals surface area contributed by atoms with Crippen LogP contribution in [-0.4, -0.2) is 28.3 Å². The highest BCUT2D eigenvalue weighted by Crippen LogP contribution is 2.28. The summed E-state index contributed by atoms with van der Waals surface area (Å²) in [7, 11) is 1.53. The molecule has 0 bridgehead atoms. The molecule has 0 fully saturated rings. The lowest BCUT2D eigenvalue weighted by molar-refractivity contribution is -0.113. The van der Waals surface area contributed by atoms with Crippen LogP contribution in [0.4, 0.5) is 10.1 Å². The molecule has 3 rings (SSSR count). The first kappa shape index (κ1) is 19.3. The van der Waals surface area contributed by atoms with Gasteiger partial charge < -0.3 is 14.6 Å². The van der Waals surface area contributed by atoms with Crippen LogP contribution in [0.1, 0.15) is 5.56 Å². The van der Waals surface area contributed by atoms with E-state index in [4.69, 9.17) is 16.3 Å². The van der Waals surface area contributed by atoms with Crippen molar-refractivity contribution in [3.8, 4) is 5.75 Å². The molecule has 0 saturated carbocycles. The Labute approximate surface area is 165 Å². The summed E-state index contributed by atoms with van der Waals surface area (Å²) in [6.07, 6.45) is 3.49. The second-order valence-electron chi connectivity index (χ2n) is 5.65. The van der Waals surface area contributed by atoms with Gasteiger partial charge in [0.25, 0.3) is 0 Å². The van der Waals surface area contributed by atoms with Crippen LogP contribution in [0.5, 0.6) is 5.75 Å². The number of methoxy groups -OCH3 is 1. The molecule has 1 N–H and O–H groups in total. The average Bonchev–Trinajstić information content (AvgIpc) is 3.09. The molecule has 0 spiro atoms. The van der Waals surface area contributed by atoms with Crippen LogP contribution >= 0.6 is 23.4 Å². The minimum atomic E-state index is -0.271. The monoisotopic (exact) mass is 405 g/mol. The van der Waals surface area contributed by atoms with Gasteiger partial charge in [-0.15, -0.1) is 0 Å². The minimum Gasteiger partial charge on any atom is -0.495 e. The number of benzene rings is 2. The molecule has 140 valence electrons. The van der Waals surface area contributed by atoms with Gasteiger partial charge in [-0.2, -0.15) is 0 Å². The number of thioether (sulfide) groups is 1. The van der Waals surface area contributed by atoms with Crippen molar-refractivity contribution in [1.29, 1.82) is 0 Å². The number of nitrogens with one attached hydrogen (secondary N) is 1. The van der Waals surface area contributed by atoms with Gasteiger partial charge in [0.05, 0.1) is 18.6 Å². The highest BCUT2D eigenvalue weighted by atomic mass is 35.5. The first-order chi connectivity index (χ1) is 13.0. The fourth-order valence-electron chi connectivity index (χ4n) is 2.44. The Balaban J connectivity index is 1.61. The van der Waals surface area contributed by atoms with E-state index in [1.54, 1.807) is 36.5 Å². The van der Waals surface area contributed by atoms with E-state index in [1.165, 1.54) is 31.0 Å². The lowest BCUT2D eigenvalue weighted by Crippen LogP contribution is -2.15. The van der Waals surface area contributed by atoms with E-state index in [0.29, 0.717) is 28.2 Å². The van der Waals surface area contributed by atoms with Crippen LogP contribution in [0.15, 0.2) is 60.0 Å². The van der Waals surface area contributed by atoms with Gasteiger partial charge in [0.1, 0.15) is 11.6 Å². The Hall–Kier alpha value is -2.51. The van der Waals surface area contributed by atoms with Crippen molar-refractivity contribution in [2.45, 2.75) is 11.7 Å². The van der Waals surface area contributed by atoms with E-state index in [-0.39, 0.29) is 17.5 Å². The lowest BCUT2D eigenvalue weighted by atomic mass is 10.2. The van der Waals surface area contributed by atoms with Crippen molar-refractivity contribution in [3.05, 3.63) is 71.3 Å². The fraction of sp³-hybridized carbons (Fsp3) is 0.158. The van der Waals surface area contributed by atoms with Crippen LogP contribution in [0.25, 0.3) is 0 Å². The first-order valence-electron chi connectivity index (χ1n) is 8.07. The Morgan fingerprint density at radius 1 is 1.30 bits per heavy atom. The number of rotatable bonds is 7. The number of ether oxygens (including phenoxy) is 1. The standard InChI is InChI=1S/C19H17ClFN3O2S/c1-26-17-7-4-14(20)10-16(17)23-18(25)12-27-19-22-8-9-24(19)11-13-2-5-15(21)6-3-13/h2-10H,11-12H2,1H3,(H,23,25). The number of nitrogens with zero attached hydrogens (tertiary/aromatic N) is 2. The zero-order valence-electron chi connectivity index (χ0n) is 14.5. The van der Waals surface area contributed by atoms with Crippen molar-refractivity contribution < 1.29 is 13.9 Å². The molecule has 3 aromatic rings.